The van der Waals surface area contributed by atoms with Gasteiger partial charge in [-0.25, -0.2) is 4.98 Å². The quantitative estimate of drug-likeness (QED) is 0.545. The van der Waals surface area contributed by atoms with E-state index in [1.165, 1.54) is 4.90 Å². The Labute approximate surface area is 204 Å². The van der Waals surface area contributed by atoms with Crippen molar-refractivity contribution in [1.82, 2.24) is 24.6 Å². The highest BCUT2D eigenvalue weighted by Gasteiger charge is 2.54. The van der Waals surface area contributed by atoms with E-state index in [9.17, 15) is 18.4 Å². The number of anilines is 2. The van der Waals surface area contributed by atoms with Gasteiger partial charge in [0.1, 0.15) is 11.9 Å². The molecule has 2 fully saturated rings. The van der Waals surface area contributed by atoms with Crippen molar-refractivity contribution in [3.05, 3.63) is 58.5 Å². The summed E-state index contributed by atoms with van der Waals surface area (Å²) < 4.78 is 41.4. The van der Waals surface area contributed by atoms with Gasteiger partial charge in [0, 0.05) is 49.4 Å². The van der Waals surface area contributed by atoms with E-state index in [0.29, 0.717) is 33.7 Å². The van der Waals surface area contributed by atoms with Gasteiger partial charge in [-0.05, 0) is 35.9 Å². The molecule has 3 aliphatic heterocycles. The fourth-order valence-electron chi connectivity index (χ4n) is 5.38. The Hall–Kier alpha value is -3.36. The molecule has 35 heavy (non-hydrogen) atoms. The summed E-state index contributed by atoms with van der Waals surface area (Å²) in [7, 11) is 0. The average molecular weight is 501 g/mol. The van der Waals surface area contributed by atoms with Crippen LogP contribution in [0.4, 0.5) is 24.9 Å². The number of nitriles is 1. The van der Waals surface area contributed by atoms with E-state index in [-0.39, 0.29) is 18.5 Å². The van der Waals surface area contributed by atoms with E-state index in [1.54, 1.807) is 30.5 Å². The first-order chi connectivity index (χ1) is 16.7. The molecular formula is C23H20ClF3N8. The Morgan fingerprint density at radius 1 is 1.06 bits per heavy atom. The van der Waals surface area contributed by atoms with Crippen LogP contribution in [0.2, 0.25) is 5.02 Å². The molecule has 8 nitrogen and oxygen atoms in total. The van der Waals surface area contributed by atoms with Gasteiger partial charge in [0.05, 0.1) is 24.3 Å². The molecule has 12 heteroatoms. The molecule has 0 unspecified atom stereocenters. The zero-order chi connectivity index (χ0) is 24.4. The lowest BCUT2D eigenvalue weighted by Crippen LogP contribution is -2.73. The lowest BCUT2D eigenvalue weighted by Gasteiger charge is -2.60. The minimum Gasteiger partial charge on any atom is -0.354 e. The van der Waals surface area contributed by atoms with E-state index in [0.717, 1.165) is 31.9 Å². The molecule has 6 rings (SSSR count). The third-order valence-electron chi connectivity index (χ3n) is 6.75. The van der Waals surface area contributed by atoms with Crippen LogP contribution in [0.5, 0.6) is 0 Å². The number of rotatable bonds is 3. The summed E-state index contributed by atoms with van der Waals surface area (Å²) in [5, 5.41) is 18.5. The number of hydrogen-bond donors (Lipinski definition) is 0. The van der Waals surface area contributed by atoms with Crippen molar-refractivity contribution in [2.45, 2.75) is 19.3 Å². The second-order valence-electron chi connectivity index (χ2n) is 9.48. The third-order valence-corrected chi connectivity index (χ3v) is 6.99. The molecule has 1 spiro atoms. The minimum atomic E-state index is -4.32. The standard InChI is InChI=1S/C23H20ClF3N8/c24-17-3-4-18-16(6-17)8-32(14-23(25,26)27)9-19-30-31-21(35(18)19)34-12-22(13-34)10-33(11-22)20-15(7-28)2-1-5-29-20/h1-6H,8-14H2. The Bertz CT molecular complexity index is 1330. The number of benzene rings is 1. The Morgan fingerprint density at radius 2 is 1.83 bits per heavy atom. The van der Waals surface area contributed by atoms with Crippen molar-refractivity contribution in [2.24, 2.45) is 5.41 Å². The molecule has 0 aliphatic carbocycles. The van der Waals surface area contributed by atoms with Gasteiger partial charge in [-0.3, -0.25) is 9.47 Å². The van der Waals surface area contributed by atoms with Gasteiger partial charge in [-0.1, -0.05) is 11.6 Å². The normalized spacial score (nSPS) is 18.8. The van der Waals surface area contributed by atoms with Crippen molar-refractivity contribution in [3.63, 3.8) is 0 Å². The minimum absolute atomic E-state index is 0.0299. The summed E-state index contributed by atoms with van der Waals surface area (Å²) in [6.07, 6.45) is -2.64. The van der Waals surface area contributed by atoms with E-state index in [4.69, 9.17) is 11.6 Å². The molecule has 0 atom stereocenters. The molecule has 0 bridgehead atoms. The van der Waals surface area contributed by atoms with Gasteiger partial charge in [-0.15, -0.1) is 10.2 Å². The van der Waals surface area contributed by atoms with Gasteiger partial charge in [0.2, 0.25) is 5.95 Å². The average Bonchev–Trinajstić information content (AvgIpc) is 3.07. The fraction of sp³-hybridized carbons (Fsp3) is 0.391. The van der Waals surface area contributed by atoms with Crippen LogP contribution in [-0.4, -0.2) is 63.5 Å². The molecule has 5 heterocycles. The zero-order valence-electron chi connectivity index (χ0n) is 18.5. The number of fused-ring (bicyclic) bond motifs is 3. The Morgan fingerprint density at radius 3 is 2.57 bits per heavy atom. The first kappa shape index (κ1) is 22.1. The Kier molecular flexibility index (Phi) is 4.95. The van der Waals surface area contributed by atoms with Crippen molar-refractivity contribution in [3.8, 4) is 11.8 Å². The summed E-state index contributed by atoms with van der Waals surface area (Å²) in [4.78, 5) is 9.89. The predicted octanol–water partition coefficient (Wildman–Crippen LogP) is 3.39. The lowest BCUT2D eigenvalue weighted by atomic mass is 9.73. The number of halogens is 4. The predicted molar refractivity (Wildman–Crippen MR) is 122 cm³/mol. The van der Waals surface area contributed by atoms with Gasteiger partial charge in [0.15, 0.2) is 5.82 Å². The maximum absolute atomic E-state index is 13.2. The van der Waals surface area contributed by atoms with Crippen molar-refractivity contribution in [2.75, 3.05) is 42.5 Å². The highest BCUT2D eigenvalue weighted by atomic mass is 35.5. The molecule has 2 saturated heterocycles. The fourth-order valence-corrected chi connectivity index (χ4v) is 5.57. The van der Waals surface area contributed by atoms with Crippen LogP contribution >= 0.6 is 11.6 Å². The number of aromatic nitrogens is 4. The molecule has 0 amide bonds. The van der Waals surface area contributed by atoms with Crippen LogP contribution in [0.3, 0.4) is 0 Å². The van der Waals surface area contributed by atoms with Gasteiger partial charge in [0.25, 0.3) is 0 Å². The maximum Gasteiger partial charge on any atom is 0.401 e. The molecular weight excluding hydrogens is 481 g/mol. The van der Waals surface area contributed by atoms with Crippen LogP contribution in [0.25, 0.3) is 5.69 Å². The number of pyridine rings is 1. The van der Waals surface area contributed by atoms with Crippen molar-refractivity contribution < 1.29 is 13.2 Å². The number of alkyl halides is 3. The summed E-state index contributed by atoms with van der Waals surface area (Å²) in [6.45, 7) is 2.15. The van der Waals surface area contributed by atoms with Crippen LogP contribution in [-0.2, 0) is 13.1 Å². The second kappa shape index (κ2) is 7.83. The van der Waals surface area contributed by atoms with E-state index in [1.807, 2.05) is 10.6 Å². The molecule has 0 N–H and O–H groups in total. The van der Waals surface area contributed by atoms with Crippen LogP contribution in [0, 0.1) is 16.7 Å². The molecule has 2 aromatic heterocycles. The van der Waals surface area contributed by atoms with E-state index < -0.39 is 12.7 Å². The largest absolute Gasteiger partial charge is 0.401 e. The monoisotopic (exact) mass is 500 g/mol. The van der Waals surface area contributed by atoms with Crippen molar-refractivity contribution >= 4 is 23.4 Å². The highest BCUT2D eigenvalue weighted by Crippen LogP contribution is 2.44. The van der Waals surface area contributed by atoms with Gasteiger partial charge in [-0.2, -0.15) is 18.4 Å². The van der Waals surface area contributed by atoms with E-state index >= 15 is 0 Å². The van der Waals surface area contributed by atoms with Gasteiger partial charge >= 0.3 is 6.18 Å². The summed E-state index contributed by atoms with van der Waals surface area (Å²) in [5.41, 5.74) is 2.06. The number of nitrogens with zero attached hydrogens (tertiary/aromatic N) is 8. The smallest absolute Gasteiger partial charge is 0.354 e. The van der Waals surface area contributed by atoms with Crippen molar-refractivity contribution in [1.29, 1.82) is 5.26 Å². The van der Waals surface area contributed by atoms with Crippen LogP contribution in [0.15, 0.2) is 36.5 Å². The summed E-state index contributed by atoms with van der Waals surface area (Å²) in [6, 6.07) is 11.0. The maximum atomic E-state index is 13.2. The van der Waals surface area contributed by atoms with E-state index in [2.05, 4.69) is 31.1 Å². The second-order valence-corrected chi connectivity index (χ2v) is 9.92. The topological polar surface area (TPSA) is 77.1 Å². The highest BCUT2D eigenvalue weighted by molar-refractivity contribution is 6.30. The molecule has 3 aromatic rings. The zero-order valence-corrected chi connectivity index (χ0v) is 19.3. The van der Waals surface area contributed by atoms with Gasteiger partial charge < -0.3 is 9.80 Å². The molecule has 1 aromatic carbocycles. The van der Waals surface area contributed by atoms with Crippen LogP contribution in [0.1, 0.15) is 17.0 Å². The van der Waals surface area contributed by atoms with Crippen LogP contribution < -0.4 is 9.80 Å². The summed E-state index contributed by atoms with van der Waals surface area (Å²) >= 11 is 6.18. The SMILES string of the molecule is N#Cc1cccnc1N1CC2(C1)CN(c1nnc3n1-c1ccc(Cl)cc1CN(CC(F)(F)F)C3)C2. The molecule has 180 valence electrons. The molecule has 0 saturated carbocycles. The lowest BCUT2D eigenvalue weighted by molar-refractivity contribution is -0.148. The molecule has 3 aliphatic rings. The summed E-state index contributed by atoms with van der Waals surface area (Å²) in [5.74, 6) is 1.79. The first-order valence-electron chi connectivity index (χ1n) is 11.1. The number of hydrogen-bond acceptors (Lipinski definition) is 7. The Balaban J connectivity index is 1.24. The molecule has 0 radical (unpaired) electrons. The first-order valence-corrected chi connectivity index (χ1v) is 11.5. The third kappa shape index (κ3) is 3.86.